The average Bonchev–Trinajstić information content (AvgIpc) is 2.87. The molecule has 122 valence electrons. The van der Waals surface area contributed by atoms with Gasteiger partial charge in [-0.2, -0.15) is 4.31 Å². The Labute approximate surface area is 127 Å². The first-order chi connectivity index (χ1) is 9.80. The van der Waals surface area contributed by atoms with Crippen molar-refractivity contribution in [3.05, 3.63) is 0 Å². The number of carbonyl (C=O) groups is 1. The zero-order valence-electron chi connectivity index (χ0n) is 12.9. The minimum absolute atomic E-state index is 0.0701. The molecule has 1 N–H and O–H groups in total. The summed E-state index contributed by atoms with van der Waals surface area (Å²) in [5.74, 6) is -0.00283. The summed E-state index contributed by atoms with van der Waals surface area (Å²) in [6.45, 7) is 0.558. The van der Waals surface area contributed by atoms with Crippen molar-refractivity contribution in [2.45, 2.75) is 50.7 Å². The average molecular weight is 318 g/mol. The molecule has 0 radical (unpaired) electrons. The summed E-state index contributed by atoms with van der Waals surface area (Å²) in [7, 11) is -1.92. The van der Waals surface area contributed by atoms with Gasteiger partial charge in [0.2, 0.25) is 15.9 Å². The van der Waals surface area contributed by atoms with Gasteiger partial charge in [-0.1, -0.05) is 12.8 Å². The molecule has 1 aliphatic heterocycles. The number of sulfonamides is 1. The molecule has 21 heavy (non-hydrogen) atoms. The van der Waals surface area contributed by atoms with Gasteiger partial charge in [0.25, 0.3) is 0 Å². The predicted molar refractivity (Wildman–Crippen MR) is 80.2 cm³/mol. The second kappa shape index (κ2) is 6.62. The summed E-state index contributed by atoms with van der Waals surface area (Å²) in [6, 6.07) is 0.0701. The highest BCUT2D eigenvalue weighted by atomic mass is 32.2. The lowest BCUT2D eigenvalue weighted by Crippen LogP contribution is -2.48. The highest BCUT2D eigenvalue weighted by Crippen LogP contribution is 2.34. The molecule has 3 atom stereocenters. The molecule has 0 aromatic rings. The van der Waals surface area contributed by atoms with Crippen LogP contribution in [0.15, 0.2) is 0 Å². The van der Waals surface area contributed by atoms with E-state index in [0.29, 0.717) is 6.54 Å². The number of likely N-dealkylation sites (N-methyl/N-ethyl adjacent to an activating group) is 1. The normalized spacial score (nSPS) is 30.9. The Morgan fingerprint density at radius 2 is 1.90 bits per heavy atom. The van der Waals surface area contributed by atoms with Gasteiger partial charge in [0.15, 0.2) is 0 Å². The van der Waals surface area contributed by atoms with Crippen molar-refractivity contribution in [3.8, 4) is 0 Å². The van der Waals surface area contributed by atoms with E-state index in [2.05, 4.69) is 0 Å². The van der Waals surface area contributed by atoms with Crippen LogP contribution in [0.4, 0.5) is 0 Å². The van der Waals surface area contributed by atoms with Gasteiger partial charge < -0.3 is 10.0 Å². The number of amides is 1. The van der Waals surface area contributed by atoms with Crippen LogP contribution in [0.1, 0.15) is 38.5 Å². The van der Waals surface area contributed by atoms with E-state index in [0.717, 1.165) is 49.1 Å². The number of hydrogen-bond acceptors (Lipinski definition) is 4. The first-order valence-electron chi connectivity index (χ1n) is 7.69. The van der Waals surface area contributed by atoms with E-state index in [1.165, 1.54) is 7.05 Å². The van der Waals surface area contributed by atoms with Crippen molar-refractivity contribution < 1.29 is 18.3 Å². The SMILES string of the molecule is CN(CC(=O)N1CCC[C@@H]1[C@H]1CCCC[C@H]1O)S(C)(=O)=O. The molecule has 2 rings (SSSR count). The summed E-state index contributed by atoms with van der Waals surface area (Å²) >= 11 is 0. The van der Waals surface area contributed by atoms with Crippen molar-refractivity contribution >= 4 is 15.9 Å². The summed E-state index contributed by atoms with van der Waals surface area (Å²) < 4.78 is 23.9. The molecular weight excluding hydrogens is 292 g/mol. The maximum absolute atomic E-state index is 12.4. The first kappa shape index (κ1) is 16.7. The number of nitrogens with zero attached hydrogens (tertiary/aromatic N) is 2. The number of likely N-dealkylation sites (tertiary alicyclic amines) is 1. The van der Waals surface area contributed by atoms with Gasteiger partial charge in [-0.15, -0.1) is 0 Å². The quantitative estimate of drug-likeness (QED) is 0.815. The van der Waals surface area contributed by atoms with Gasteiger partial charge in [-0.05, 0) is 25.7 Å². The van der Waals surface area contributed by atoms with Crippen LogP contribution in [-0.4, -0.2) is 67.2 Å². The minimum atomic E-state index is -3.34. The summed E-state index contributed by atoms with van der Waals surface area (Å²) in [5.41, 5.74) is 0. The van der Waals surface area contributed by atoms with Crippen LogP contribution in [0, 0.1) is 5.92 Å². The molecule has 1 saturated carbocycles. The summed E-state index contributed by atoms with van der Waals surface area (Å²) in [6.07, 6.45) is 6.54. The van der Waals surface area contributed by atoms with Gasteiger partial charge in [0, 0.05) is 25.6 Å². The van der Waals surface area contributed by atoms with Crippen LogP contribution in [0.3, 0.4) is 0 Å². The van der Waals surface area contributed by atoms with E-state index in [-0.39, 0.29) is 30.5 Å². The van der Waals surface area contributed by atoms with Crippen molar-refractivity contribution in [2.24, 2.45) is 5.92 Å². The van der Waals surface area contributed by atoms with Gasteiger partial charge >= 0.3 is 0 Å². The maximum Gasteiger partial charge on any atom is 0.238 e. The fraction of sp³-hybridized carbons (Fsp3) is 0.929. The Bertz CT molecular complexity index is 479. The number of hydrogen-bond donors (Lipinski definition) is 1. The van der Waals surface area contributed by atoms with E-state index in [1.54, 1.807) is 4.90 Å². The van der Waals surface area contributed by atoms with Crippen molar-refractivity contribution in [1.82, 2.24) is 9.21 Å². The van der Waals surface area contributed by atoms with Crippen LogP contribution in [0.2, 0.25) is 0 Å². The molecule has 1 aliphatic carbocycles. The Hall–Kier alpha value is -0.660. The Kier molecular flexibility index (Phi) is 5.27. The van der Waals surface area contributed by atoms with Crippen molar-refractivity contribution in [2.75, 3.05) is 26.4 Å². The fourth-order valence-electron chi connectivity index (χ4n) is 3.53. The molecule has 7 heteroatoms. The third-order valence-electron chi connectivity index (χ3n) is 4.82. The van der Waals surface area contributed by atoms with E-state index in [4.69, 9.17) is 0 Å². The molecule has 2 aliphatic rings. The third kappa shape index (κ3) is 3.96. The topological polar surface area (TPSA) is 77.9 Å². The molecule has 2 fully saturated rings. The van der Waals surface area contributed by atoms with Crippen molar-refractivity contribution in [1.29, 1.82) is 0 Å². The largest absolute Gasteiger partial charge is 0.393 e. The predicted octanol–water partition coefficient (Wildman–Crippen LogP) is 0.420. The number of rotatable bonds is 4. The van der Waals surface area contributed by atoms with E-state index in [9.17, 15) is 18.3 Å². The van der Waals surface area contributed by atoms with Crippen LogP contribution in [0.5, 0.6) is 0 Å². The Morgan fingerprint density at radius 1 is 1.24 bits per heavy atom. The molecule has 0 spiro atoms. The second-order valence-electron chi connectivity index (χ2n) is 6.33. The standard InChI is InChI=1S/C14H26N2O4S/c1-15(21(2,19)20)10-14(18)16-9-5-7-12(16)11-6-3-4-8-13(11)17/h11-13,17H,3-10H2,1-2H3/t11-,12-,13-/m1/s1. The minimum Gasteiger partial charge on any atom is -0.393 e. The summed E-state index contributed by atoms with van der Waals surface area (Å²) in [5, 5.41) is 10.2. The molecular formula is C14H26N2O4S. The first-order valence-corrected chi connectivity index (χ1v) is 9.54. The molecule has 0 bridgehead atoms. The van der Waals surface area contributed by atoms with Gasteiger partial charge in [-0.3, -0.25) is 4.79 Å². The zero-order valence-corrected chi connectivity index (χ0v) is 13.7. The van der Waals surface area contributed by atoms with Crippen LogP contribution in [0.25, 0.3) is 0 Å². The highest BCUT2D eigenvalue weighted by Gasteiger charge is 2.39. The van der Waals surface area contributed by atoms with Crippen LogP contribution < -0.4 is 0 Å². The molecule has 0 aromatic carbocycles. The number of aliphatic hydroxyl groups is 1. The van der Waals surface area contributed by atoms with E-state index in [1.807, 2.05) is 0 Å². The zero-order chi connectivity index (χ0) is 15.6. The molecule has 1 heterocycles. The molecule has 0 aromatic heterocycles. The van der Waals surface area contributed by atoms with Crippen LogP contribution >= 0.6 is 0 Å². The van der Waals surface area contributed by atoms with E-state index >= 15 is 0 Å². The lowest BCUT2D eigenvalue weighted by molar-refractivity contribution is -0.134. The van der Waals surface area contributed by atoms with Gasteiger partial charge in [-0.25, -0.2) is 8.42 Å². The lowest BCUT2D eigenvalue weighted by Gasteiger charge is -2.37. The molecule has 0 unspecified atom stereocenters. The molecule has 1 saturated heterocycles. The highest BCUT2D eigenvalue weighted by molar-refractivity contribution is 7.88. The summed E-state index contributed by atoms with van der Waals surface area (Å²) in [4.78, 5) is 14.2. The van der Waals surface area contributed by atoms with Gasteiger partial charge in [0.1, 0.15) is 0 Å². The maximum atomic E-state index is 12.4. The van der Waals surface area contributed by atoms with Crippen molar-refractivity contribution in [3.63, 3.8) is 0 Å². The number of aliphatic hydroxyl groups excluding tert-OH is 1. The third-order valence-corrected chi connectivity index (χ3v) is 6.08. The Morgan fingerprint density at radius 3 is 2.52 bits per heavy atom. The molecule has 6 nitrogen and oxygen atoms in total. The molecule has 1 amide bonds. The monoisotopic (exact) mass is 318 g/mol. The smallest absolute Gasteiger partial charge is 0.238 e. The Balaban J connectivity index is 2.02. The van der Waals surface area contributed by atoms with Gasteiger partial charge in [0.05, 0.1) is 18.9 Å². The lowest BCUT2D eigenvalue weighted by atomic mass is 9.80. The number of carbonyl (C=O) groups excluding carboxylic acids is 1. The second-order valence-corrected chi connectivity index (χ2v) is 8.42. The van der Waals surface area contributed by atoms with Crippen LogP contribution in [-0.2, 0) is 14.8 Å². The fourth-order valence-corrected chi connectivity index (χ4v) is 3.88. The van der Waals surface area contributed by atoms with E-state index < -0.39 is 10.0 Å².